The molecule has 6 nitrogen and oxygen atoms in total. The van der Waals surface area contributed by atoms with E-state index in [1.807, 2.05) is 11.1 Å². The molecule has 1 N–H and O–H groups in total. The lowest BCUT2D eigenvalue weighted by Crippen LogP contribution is -2.51. The molecule has 0 unspecified atom stereocenters. The molecule has 0 aliphatic carbocycles. The molecule has 2 aliphatic heterocycles. The summed E-state index contributed by atoms with van der Waals surface area (Å²) in [6, 6.07) is 12.7. The van der Waals surface area contributed by atoms with Crippen LogP contribution in [0.5, 0.6) is 0 Å². The second-order valence-corrected chi connectivity index (χ2v) is 7.69. The number of nitrogens with zero attached hydrogens (tertiary/aromatic N) is 4. The molecule has 3 heterocycles. The third kappa shape index (κ3) is 4.38. The smallest absolute Gasteiger partial charge is 0.317 e. The van der Waals surface area contributed by atoms with Crippen LogP contribution in [-0.2, 0) is 6.54 Å². The third-order valence-corrected chi connectivity index (χ3v) is 5.62. The molecule has 2 fully saturated rings. The van der Waals surface area contributed by atoms with E-state index >= 15 is 0 Å². The van der Waals surface area contributed by atoms with Crippen molar-refractivity contribution < 1.29 is 4.79 Å². The van der Waals surface area contributed by atoms with Crippen molar-refractivity contribution in [2.75, 3.05) is 49.1 Å². The van der Waals surface area contributed by atoms with Crippen LogP contribution in [0.25, 0.3) is 0 Å². The van der Waals surface area contributed by atoms with Crippen molar-refractivity contribution >= 4 is 17.5 Å². The van der Waals surface area contributed by atoms with Crippen LogP contribution in [0.2, 0.25) is 0 Å². The summed E-state index contributed by atoms with van der Waals surface area (Å²) in [7, 11) is 0. The number of urea groups is 1. The maximum absolute atomic E-state index is 12.5. The number of benzene rings is 1. The van der Waals surface area contributed by atoms with Gasteiger partial charge in [0.1, 0.15) is 5.82 Å². The first kappa shape index (κ1) is 18.6. The highest BCUT2D eigenvalue weighted by atomic mass is 16.2. The van der Waals surface area contributed by atoms with Gasteiger partial charge in [0.05, 0.1) is 0 Å². The number of carbonyl (C=O) groups is 1. The van der Waals surface area contributed by atoms with E-state index < -0.39 is 0 Å². The fourth-order valence-electron chi connectivity index (χ4n) is 3.94. The van der Waals surface area contributed by atoms with Gasteiger partial charge in [-0.3, -0.25) is 0 Å². The lowest BCUT2D eigenvalue weighted by atomic mass is 10.2. The molecule has 1 aromatic heterocycles. The second-order valence-electron chi connectivity index (χ2n) is 7.69. The zero-order valence-electron chi connectivity index (χ0n) is 16.6. The minimum Gasteiger partial charge on any atom is -0.368 e. The summed E-state index contributed by atoms with van der Waals surface area (Å²) in [5.74, 6) is 1.04. The van der Waals surface area contributed by atoms with Gasteiger partial charge in [0.15, 0.2) is 0 Å². The summed E-state index contributed by atoms with van der Waals surface area (Å²) in [5, 5.41) is 3.04. The fraction of sp³-hybridized carbons (Fsp3) is 0.455. The van der Waals surface area contributed by atoms with E-state index in [4.69, 9.17) is 0 Å². The summed E-state index contributed by atoms with van der Waals surface area (Å²) >= 11 is 0. The average molecular weight is 380 g/mol. The Bertz CT molecular complexity index is 793. The van der Waals surface area contributed by atoms with Crippen LogP contribution in [0.3, 0.4) is 0 Å². The van der Waals surface area contributed by atoms with E-state index in [1.54, 1.807) is 0 Å². The zero-order valence-corrected chi connectivity index (χ0v) is 16.6. The van der Waals surface area contributed by atoms with Crippen LogP contribution in [0.4, 0.5) is 16.3 Å². The van der Waals surface area contributed by atoms with E-state index in [9.17, 15) is 4.79 Å². The Morgan fingerprint density at radius 1 is 1.00 bits per heavy atom. The van der Waals surface area contributed by atoms with Crippen LogP contribution < -0.4 is 15.1 Å². The highest BCUT2D eigenvalue weighted by Gasteiger charge is 2.21. The maximum Gasteiger partial charge on any atom is 0.317 e. The Kier molecular flexibility index (Phi) is 5.65. The first-order valence-electron chi connectivity index (χ1n) is 10.2. The summed E-state index contributed by atoms with van der Waals surface area (Å²) < 4.78 is 0. The molecule has 28 heavy (non-hydrogen) atoms. The van der Waals surface area contributed by atoms with Gasteiger partial charge in [-0.25, -0.2) is 9.78 Å². The average Bonchev–Trinajstić information content (AvgIpc) is 3.27. The monoisotopic (exact) mass is 379 g/mol. The zero-order chi connectivity index (χ0) is 19.3. The largest absolute Gasteiger partial charge is 0.368 e. The second kappa shape index (κ2) is 8.50. The van der Waals surface area contributed by atoms with Crippen molar-refractivity contribution in [1.29, 1.82) is 0 Å². The summed E-state index contributed by atoms with van der Waals surface area (Å²) in [6.07, 6.45) is 4.37. The Labute approximate surface area is 167 Å². The molecule has 0 atom stereocenters. The standard InChI is InChI=1S/C22H29N5O/c1-18-5-4-6-20(15-18)25-11-13-27(14-12-25)22(28)24-17-19-7-8-21(23-16-19)26-9-2-3-10-26/h4-8,15-16H,2-3,9-14,17H2,1H3,(H,24,28). The van der Waals surface area contributed by atoms with Crippen molar-refractivity contribution in [2.24, 2.45) is 0 Å². The molecule has 0 saturated carbocycles. The molecule has 148 valence electrons. The van der Waals surface area contributed by atoms with Gasteiger partial charge in [-0.15, -0.1) is 0 Å². The van der Waals surface area contributed by atoms with Gasteiger partial charge < -0.3 is 20.0 Å². The minimum atomic E-state index is 0.00696. The molecule has 0 spiro atoms. The minimum absolute atomic E-state index is 0.00696. The van der Waals surface area contributed by atoms with E-state index in [-0.39, 0.29) is 6.03 Å². The molecule has 2 aliphatic rings. The molecule has 2 saturated heterocycles. The van der Waals surface area contributed by atoms with Gasteiger partial charge in [0.25, 0.3) is 0 Å². The van der Waals surface area contributed by atoms with Crippen LogP contribution in [-0.4, -0.2) is 55.2 Å². The van der Waals surface area contributed by atoms with Crippen LogP contribution >= 0.6 is 0 Å². The van der Waals surface area contributed by atoms with Gasteiger partial charge >= 0.3 is 6.03 Å². The molecule has 4 rings (SSSR count). The van der Waals surface area contributed by atoms with Crippen LogP contribution in [0, 0.1) is 6.92 Å². The Morgan fingerprint density at radius 3 is 2.46 bits per heavy atom. The summed E-state index contributed by atoms with van der Waals surface area (Å²) in [6.45, 7) is 8.03. The Balaban J connectivity index is 1.24. The van der Waals surface area contributed by atoms with Gasteiger partial charge in [0.2, 0.25) is 0 Å². The summed E-state index contributed by atoms with van der Waals surface area (Å²) in [4.78, 5) is 23.6. The fourth-order valence-corrected chi connectivity index (χ4v) is 3.94. The van der Waals surface area contributed by atoms with Crippen molar-refractivity contribution in [3.8, 4) is 0 Å². The number of amides is 2. The van der Waals surface area contributed by atoms with Crippen molar-refractivity contribution in [3.05, 3.63) is 53.7 Å². The number of hydrogen-bond donors (Lipinski definition) is 1. The molecule has 2 aromatic rings. The van der Waals surface area contributed by atoms with Gasteiger partial charge in [-0.1, -0.05) is 18.2 Å². The third-order valence-electron chi connectivity index (χ3n) is 5.62. The van der Waals surface area contributed by atoms with E-state index in [0.717, 1.165) is 50.6 Å². The van der Waals surface area contributed by atoms with Gasteiger partial charge in [-0.2, -0.15) is 0 Å². The lowest BCUT2D eigenvalue weighted by Gasteiger charge is -2.36. The predicted octanol–water partition coefficient (Wildman–Crippen LogP) is 3.02. The molecule has 0 bridgehead atoms. The maximum atomic E-state index is 12.5. The van der Waals surface area contributed by atoms with Gasteiger partial charge in [-0.05, 0) is 49.1 Å². The number of rotatable bonds is 4. The van der Waals surface area contributed by atoms with Crippen LogP contribution in [0.15, 0.2) is 42.6 Å². The van der Waals surface area contributed by atoms with E-state index in [2.05, 4.69) is 63.4 Å². The SMILES string of the molecule is Cc1cccc(N2CCN(C(=O)NCc3ccc(N4CCCC4)nc3)CC2)c1. The van der Waals surface area contributed by atoms with Crippen LogP contribution in [0.1, 0.15) is 24.0 Å². The van der Waals surface area contributed by atoms with Crippen molar-refractivity contribution in [3.63, 3.8) is 0 Å². The molecule has 6 heteroatoms. The lowest BCUT2D eigenvalue weighted by molar-refractivity contribution is 0.194. The Morgan fingerprint density at radius 2 is 1.79 bits per heavy atom. The first-order chi connectivity index (χ1) is 13.7. The van der Waals surface area contributed by atoms with E-state index in [0.29, 0.717) is 6.54 Å². The van der Waals surface area contributed by atoms with Crippen molar-refractivity contribution in [1.82, 2.24) is 15.2 Å². The number of aryl methyl sites for hydroxylation is 1. The number of anilines is 2. The number of carbonyl (C=O) groups excluding carboxylic acids is 1. The topological polar surface area (TPSA) is 51.7 Å². The molecule has 0 radical (unpaired) electrons. The number of aromatic nitrogens is 1. The molecular weight excluding hydrogens is 350 g/mol. The predicted molar refractivity (Wildman–Crippen MR) is 113 cm³/mol. The highest BCUT2D eigenvalue weighted by Crippen LogP contribution is 2.19. The Hall–Kier alpha value is -2.76. The van der Waals surface area contributed by atoms with E-state index in [1.165, 1.54) is 24.1 Å². The molecular formula is C22H29N5O. The van der Waals surface area contributed by atoms with Gasteiger partial charge in [0, 0.05) is 57.7 Å². The quantitative estimate of drug-likeness (QED) is 0.887. The molecule has 2 amide bonds. The highest BCUT2D eigenvalue weighted by molar-refractivity contribution is 5.74. The normalized spacial score (nSPS) is 17.1. The van der Waals surface area contributed by atoms with Crippen molar-refractivity contribution in [2.45, 2.75) is 26.3 Å². The number of pyridine rings is 1. The first-order valence-corrected chi connectivity index (χ1v) is 10.2. The number of hydrogen-bond acceptors (Lipinski definition) is 4. The number of piperazine rings is 1. The summed E-state index contributed by atoms with van der Waals surface area (Å²) in [5.41, 5.74) is 3.54. The number of nitrogens with one attached hydrogen (secondary N) is 1. The molecule has 1 aromatic carbocycles.